The molecule has 0 aliphatic carbocycles. The van der Waals surface area contributed by atoms with Crippen molar-refractivity contribution in [1.82, 2.24) is 14.8 Å². The van der Waals surface area contributed by atoms with Crippen LogP contribution in [0.1, 0.15) is 18.5 Å². The number of hydrogen-bond donors (Lipinski definition) is 1. The van der Waals surface area contributed by atoms with Crippen molar-refractivity contribution in [1.29, 1.82) is 0 Å². The van der Waals surface area contributed by atoms with E-state index in [2.05, 4.69) is 27.9 Å². The molecule has 0 saturated carbocycles. The van der Waals surface area contributed by atoms with E-state index in [1.54, 1.807) is 0 Å². The van der Waals surface area contributed by atoms with E-state index in [1.165, 1.54) is 6.42 Å². The van der Waals surface area contributed by atoms with Gasteiger partial charge >= 0.3 is 0 Å². The molecule has 1 aliphatic heterocycles. The highest BCUT2D eigenvalue weighted by molar-refractivity contribution is 5.03. The Bertz CT molecular complexity index is 344. The van der Waals surface area contributed by atoms with Crippen LogP contribution in [-0.2, 0) is 6.54 Å². The van der Waals surface area contributed by atoms with Crippen LogP contribution < -0.4 is 0 Å². The summed E-state index contributed by atoms with van der Waals surface area (Å²) in [5.74, 6) is 0. The van der Waals surface area contributed by atoms with E-state index < -0.39 is 0 Å². The molecular formula is C14H23N3O. The van der Waals surface area contributed by atoms with Crippen molar-refractivity contribution in [2.24, 2.45) is 0 Å². The number of nitrogens with zero attached hydrogens (tertiary/aromatic N) is 3. The highest BCUT2D eigenvalue weighted by atomic mass is 16.3. The van der Waals surface area contributed by atoms with Crippen molar-refractivity contribution in [3.05, 3.63) is 30.1 Å². The minimum Gasteiger partial charge on any atom is -0.396 e. The molecule has 0 amide bonds. The van der Waals surface area contributed by atoms with Crippen molar-refractivity contribution >= 4 is 0 Å². The largest absolute Gasteiger partial charge is 0.396 e. The summed E-state index contributed by atoms with van der Waals surface area (Å²) in [6.45, 7) is 4.41. The fraction of sp³-hybridized carbons (Fsp3) is 0.643. The summed E-state index contributed by atoms with van der Waals surface area (Å²) in [4.78, 5) is 9.22. The molecule has 0 radical (unpaired) electrons. The van der Waals surface area contributed by atoms with Gasteiger partial charge in [-0.15, -0.1) is 0 Å². The lowest BCUT2D eigenvalue weighted by atomic mass is 10.1. The minimum atomic E-state index is 0.261. The maximum absolute atomic E-state index is 9.22. The van der Waals surface area contributed by atoms with E-state index in [9.17, 15) is 5.11 Å². The molecule has 1 aromatic heterocycles. The maximum atomic E-state index is 9.22. The van der Waals surface area contributed by atoms with Crippen LogP contribution in [0.5, 0.6) is 0 Å². The summed E-state index contributed by atoms with van der Waals surface area (Å²) in [6, 6.07) is 6.49. The van der Waals surface area contributed by atoms with Gasteiger partial charge in [-0.05, 0) is 38.6 Å². The Morgan fingerprint density at radius 1 is 1.39 bits per heavy atom. The van der Waals surface area contributed by atoms with Crippen LogP contribution in [0.3, 0.4) is 0 Å². The number of pyridine rings is 1. The maximum Gasteiger partial charge on any atom is 0.0544 e. The zero-order chi connectivity index (χ0) is 12.8. The number of aliphatic hydroxyl groups excluding tert-OH is 1. The molecule has 1 aromatic rings. The van der Waals surface area contributed by atoms with Gasteiger partial charge in [0.25, 0.3) is 0 Å². The molecule has 4 heteroatoms. The average Bonchev–Trinajstić information content (AvgIpc) is 2.54. The first kappa shape index (κ1) is 13.5. The van der Waals surface area contributed by atoms with E-state index in [0.717, 1.165) is 38.3 Å². The molecule has 18 heavy (non-hydrogen) atoms. The number of aliphatic hydroxyl groups is 1. The molecular weight excluding hydrogens is 226 g/mol. The Labute approximate surface area is 109 Å². The third-order valence-corrected chi connectivity index (χ3v) is 3.58. The fourth-order valence-corrected chi connectivity index (χ4v) is 2.62. The summed E-state index contributed by atoms with van der Waals surface area (Å²) >= 11 is 0. The Morgan fingerprint density at radius 3 is 3.00 bits per heavy atom. The molecule has 2 rings (SSSR count). The van der Waals surface area contributed by atoms with Crippen LogP contribution in [0.2, 0.25) is 0 Å². The lowest BCUT2D eigenvalue weighted by Gasteiger charge is -2.30. The third kappa shape index (κ3) is 3.77. The first-order chi connectivity index (χ1) is 8.79. The number of rotatable bonds is 4. The van der Waals surface area contributed by atoms with Crippen molar-refractivity contribution in [2.75, 3.05) is 33.3 Å². The molecule has 0 bridgehead atoms. The summed E-state index contributed by atoms with van der Waals surface area (Å²) < 4.78 is 0. The highest BCUT2D eigenvalue weighted by Gasteiger charge is 2.23. The van der Waals surface area contributed by atoms with Gasteiger partial charge in [0.1, 0.15) is 0 Å². The van der Waals surface area contributed by atoms with E-state index in [1.807, 2.05) is 18.3 Å². The first-order valence-corrected chi connectivity index (χ1v) is 6.73. The Balaban J connectivity index is 2.02. The van der Waals surface area contributed by atoms with E-state index in [0.29, 0.717) is 6.04 Å². The van der Waals surface area contributed by atoms with Gasteiger partial charge in [0.15, 0.2) is 0 Å². The molecule has 1 aliphatic rings. The van der Waals surface area contributed by atoms with Gasteiger partial charge in [0.05, 0.1) is 5.69 Å². The van der Waals surface area contributed by atoms with E-state index in [-0.39, 0.29) is 6.61 Å². The Morgan fingerprint density at radius 2 is 2.28 bits per heavy atom. The molecule has 4 nitrogen and oxygen atoms in total. The fourth-order valence-electron chi connectivity index (χ4n) is 2.62. The predicted molar refractivity (Wildman–Crippen MR) is 72.3 cm³/mol. The quantitative estimate of drug-likeness (QED) is 0.863. The van der Waals surface area contributed by atoms with Gasteiger partial charge in [-0.2, -0.15) is 0 Å². The minimum absolute atomic E-state index is 0.261. The van der Waals surface area contributed by atoms with Gasteiger partial charge < -0.3 is 10.0 Å². The standard InChI is InChI=1S/C14H23N3O/c1-16-8-4-9-17(14(12-16)6-10-18)11-13-5-2-3-7-15-13/h2-3,5,7,14,18H,4,6,8-12H2,1H3. The van der Waals surface area contributed by atoms with Crippen molar-refractivity contribution in [3.63, 3.8) is 0 Å². The third-order valence-electron chi connectivity index (χ3n) is 3.58. The van der Waals surface area contributed by atoms with E-state index in [4.69, 9.17) is 0 Å². The normalized spacial score (nSPS) is 22.9. The number of hydrogen-bond acceptors (Lipinski definition) is 4. The Kier molecular flexibility index (Phi) is 5.11. The van der Waals surface area contributed by atoms with Crippen LogP contribution in [0, 0.1) is 0 Å². The second-order valence-corrected chi connectivity index (χ2v) is 5.07. The molecule has 1 fully saturated rings. The highest BCUT2D eigenvalue weighted by Crippen LogP contribution is 2.14. The second kappa shape index (κ2) is 6.83. The van der Waals surface area contributed by atoms with Crippen LogP contribution in [-0.4, -0.2) is 59.2 Å². The summed E-state index contributed by atoms with van der Waals surface area (Å²) in [5.41, 5.74) is 1.12. The summed E-state index contributed by atoms with van der Waals surface area (Å²) in [6.07, 6.45) is 3.88. The molecule has 0 spiro atoms. The van der Waals surface area contributed by atoms with Gasteiger partial charge in [-0.25, -0.2) is 0 Å². The van der Waals surface area contributed by atoms with Crippen LogP contribution in [0.25, 0.3) is 0 Å². The zero-order valence-corrected chi connectivity index (χ0v) is 11.1. The van der Waals surface area contributed by atoms with Crippen LogP contribution >= 0.6 is 0 Å². The van der Waals surface area contributed by atoms with Gasteiger partial charge in [0.2, 0.25) is 0 Å². The topological polar surface area (TPSA) is 39.6 Å². The summed E-state index contributed by atoms with van der Waals surface area (Å²) in [7, 11) is 2.16. The predicted octanol–water partition coefficient (Wildman–Crippen LogP) is 0.970. The van der Waals surface area contributed by atoms with E-state index >= 15 is 0 Å². The Hall–Kier alpha value is -0.970. The monoisotopic (exact) mass is 249 g/mol. The lowest BCUT2D eigenvalue weighted by molar-refractivity contribution is 0.142. The first-order valence-electron chi connectivity index (χ1n) is 6.73. The van der Waals surface area contributed by atoms with Crippen molar-refractivity contribution < 1.29 is 5.11 Å². The second-order valence-electron chi connectivity index (χ2n) is 5.07. The van der Waals surface area contributed by atoms with Crippen molar-refractivity contribution in [3.8, 4) is 0 Å². The van der Waals surface area contributed by atoms with Crippen molar-refractivity contribution in [2.45, 2.75) is 25.4 Å². The van der Waals surface area contributed by atoms with Crippen LogP contribution in [0.4, 0.5) is 0 Å². The molecule has 1 unspecified atom stereocenters. The molecule has 0 aromatic carbocycles. The molecule has 1 atom stereocenters. The zero-order valence-electron chi connectivity index (χ0n) is 11.1. The summed E-state index contributed by atoms with van der Waals surface area (Å²) in [5, 5.41) is 9.22. The SMILES string of the molecule is CN1CCCN(Cc2ccccn2)C(CCO)C1. The smallest absolute Gasteiger partial charge is 0.0544 e. The molecule has 2 heterocycles. The molecule has 1 saturated heterocycles. The average molecular weight is 249 g/mol. The van der Waals surface area contributed by atoms with Gasteiger partial charge in [0, 0.05) is 38.5 Å². The molecule has 100 valence electrons. The van der Waals surface area contributed by atoms with Gasteiger partial charge in [-0.3, -0.25) is 9.88 Å². The lowest BCUT2D eigenvalue weighted by Crippen LogP contribution is -2.40. The number of likely N-dealkylation sites (N-methyl/N-ethyl adjacent to an activating group) is 1. The molecule has 1 N–H and O–H groups in total. The van der Waals surface area contributed by atoms with Crippen LogP contribution in [0.15, 0.2) is 24.4 Å². The number of aromatic nitrogens is 1. The van der Waals surface area contributed by atoms with Gasteiger partial charge in [-0.1, -0.05) is 6.07 Å².